The predicted octanol–water partition coefficient (Wildman–Crippen LogP) is 6.20. The summed E-state index contributed by atoms with van der Waals surface area (Å²) in [5, 5.41) is 7.30. The molecule has 0 aromatic heterocycles. The zero-order valence-corrected chi connectivity index (χ0v) is 15.8. The van der Waals surface area contributed by atoms with Crippen molar-refractivity contribution in [2.24, 2.45) is 0 Å². The molecular weight excluding hydrogens is 300 g/mol. The highest BCUT2D eigenvalue weighted by Gasteiger charge is 1.99. The second-order valence-electron chi connectivity index (χ2n) is 6.38. The van der Waals surface area contributed by atoms with Crippen molar-refractivity contribution in [2.75, 3.05) is 11.9 Å². The van der Waals surface area contributed by atoms with Crippen LogP contribution in [0, 0.1) is 6.92 Å². The molecule has 2 nitrogen and oxygen atoms in total. The number of unbranched alkanes of at least 4 members (excludes halogenated alkanes) is 9. The van der Waals surface area contributed by atoms with Crippen molar-refractivity contribution in [1.29, 1.82) is 0 Å². The Labute approximate surface area is 148 Å². The third kappa shape index (κ3) is 10.3. The van der Waals surface area contributed by atoms with Crippen LogP contribution in [-0.4, -0.2) is 11.7 Å². The van der Waals surface area contributed by atoms with Crippen LogP contribution < -0.4 is 10.6 Å². The highest BCUT2D eigenvalue weighted by atomic mass is 32.1. The van der Waals surface area contributed by atoms with Gasteiger partial charge in [0.05, 0.1) is 0 Å². The number of anilines is 1. The number of para-hydroxylation sites is 1. The summed E-state index contributed by atoms with van der Waals surface area (Å²) in [6.45, 7) is 5.33. The summed E-state index contributed by atoms with van der Waals surface area (Å²) in [5.74, 6) is 0. The molecule has 0 aliphatic rings. The molecule has 0 aliphatic carbocycles. The molecule has 0 heterocycles. The average Bonchev–Trinajstić information content (AvgIpc) is 2.55. The van der Waals surface area contributed by atoms with Gasteiger partial charge in [0.2, 0.25) is 0 Å². The fourth-order valence-corrected chi connectivity index (χ4v) is 2.91. The lowest BCUT2D eigenvalue weighted by atomic mass is 10.1. The summed E-state index contributed by atoms with van der Waals surface area (Å²) in [5.41, 5.74) is 2.31. The quantitative estimate of drug-likeness (QED) is 0.351. The maximum atomic E-state index is 5.34. The smallest absolute Gasteiger partial charge is 0.170 e. The fraction of sp³-hybridized carbons (Fsp3) is 0.650. The van der Waals surface area contributed by atoms with Gasteiger partial charge in [0.1, 0.15) is 0 Å². The minimum Gasteiger partial charge on any atom is -0.362 e. The summed E-state index contributed by atoms with van der Waals surface area (Å²) in [6, 6.07) is 8.22. The Kier molecular flexibility index (Phi) is 11.6. The van der Waals surface area contributed by atoms with E-state index in [1.54, 1.807) is 0 Å². The second-order valence-corrected chi connectivity index (χ2v) is 6.79. The molecule has 0 amide bonds. The van der Waals surface area contributed by atoms with Gasteiger partial charge in [0.15, 0.2) is 5.11 Å². The van der Waals surface area contributed by atoms with E-state index in [4.69, 9.17) is 12.2 Å². The van der Waals surface area contributed by atoms with E-state index in [1.165, 1.54) is 69.8 Å². The monoisotopic (exact) mass is 334 g/mol. The third-order valence-electron chi connectivity index (χ3n) is 4.21. The second kappa shape index (κ2) is 13.4. The van der Waals surface area contributed by atoms with E-state index in [9.17, 15) is 0 Å². The standard InChI is InChI=1S/C20H34N2S/c1-3-4-5-6-7-8-9-10-11-14-17-21-20(23)22-19-16-13-12-15-18(19)2/h12-13,15-16H,3-11,14,17H2,1-2H3,(H2,21,22,23). The van der Waals surface area contributed by atoms with Gasteiger partial charge in [-0.05, 0) is 37.2 Å². The van der Waals surface area contributed by atoms with Gasteiger partial charge in [-0.15, -0.1) is 0 Å². The largest absolute Gasteiger partial charge is 0.362 e. The summed E-state index contributed by atoms with van der Waals surface area (Å²) < 4.78 is 0. The topological polar surface area (TPSA) is 24.1 Å². The van der Waals surface area contributed by atoms with Crippen LogP contribution in [0.3, 0.4) is 0 Å². The molecule has 0 unspecified atom stereocenters. The van der Waals surface area contributed by atoms with E-state index in [1.807, 2.05) is 12.1 Å². The summed E-state index contributed by atoms with van der Waals surface area (Å²) in [6.07, 6.45) is 13.7. The summed E-state index contributed by atoms with van der Waals surface area (Å²) in [4.78, 5) is 0. The van der Waals surface area contributed by atoms with Crippen molar-refractivity contribution in [1.82, 2.24) is 5.32 Å². The highest BCUT2D eigenvalue weighted by Crippen LogP contribution is 2.13. The molecule has 0 atom stereocenters. The van der Waals surface area contributed by atoms with Crippen LogP contribution in [0.2, 0.25) is 0 Å². The van der Waals surface area contributed by atoms with Crippen molar-refractivity contribution in [3.63, 3.8) is 0 Å². The zero-order valence-electron chi connectivity index (χ0n) is 15.0. The van der Waals surface area contributed by atoms with Crippen molar-refractivity contribution in [2.45, 2.75) is 78.1 Å². The number of aryl methyl sites for hydroxylation is 1. The number of rotatable bonds is 12. The maximum absolute atomic E-state index is 5.34. The minimum absolute atomic E-state index is 0.732. The Morgan fingerprint density at radius 2 is 1.43 bits per heavy atom. The van der Waals surface area contributed by atoms with Gasteiger partial charge in [-0.3, -0.25) is 0 Å². The lowest BCUT2D eigenvalue weighted by Gasteiger charge is -2.12. The Balaban J connectivity index is 1.93. The maximum Gasteiger partial charge on any atom is 0.170 e. The number of hydrogen-bond donors (Lipinski definition) is 2. The molecule has 2 N–H and O–H groups in total. The first kappa shape index (κ1) is 20.0. The summed E-state index contributed by atoms with van der Waals surface area (Å²) >= 11 is 5.34. The van der Waals surface area contributed by atoms with Crippen molar-refractivity contribution in [3.8, 4) is 0 Å². The van der Waals surface area contributed by atoms with Gasteiger partial charge in [-0.2, -0.15) is 0 Å². The normalized spacial score (nSPS) is 10.5. The molecule has 0 bridgehead atoms. The molecule has 1 aromatic carbocycles. The van der Waals surface area contributed by atoms with Crippen LogP contribution >= 0.6 is 12.2 Å². The van der Waals surface area contributed by atoms with Gasteiger partial charge in [-0.1, -0.05) is 82.9 Å². The van der Waals surface area contributed by atoms with Crippen LogP contribution in [0.15, 0.2) is 24.3 Å². The SMILES string of the molecule is CCCCCCCCCCCCNC(=S)Nc1ccccc1C. The molecule has 0 radical (unpaired) electrons. The van der Waals surface area contributed by atoms with Crippen LogP contribution in [0.4, 0.5) is 5.69 Å². The number of thiocarbonyl (C=S) groups is 1. The number of nitrogens with one attached hydrogen (secondary N) is 2. The van der Waals surface area contributed by atoms with Gasteiger partial charge >= 0.3 is 0 Å². The van der Waals surface area contributed by atoms with Crippen molar-refractivity contribution < 1.29 is 0 Å². The van der Waals surface area contributed by atoms with Gasteiger partial charge in [0, 0.05) is 12.2 Å². The van der Waals surface area contributed by atoms with Crippen molar-refractivity contribution in [3.05, 3.63) is 29.8 Å². The molecule has 23 heavy (non-hydrogen) atoms. The zero-order chi connectivity index (χ0) is 16.8. The van der Waals surface area contributed by atoms with Gasteiger partial charge in [-0.25, -0.2) is 0 Å². The van der Waals surface area contributed by atoms with E-state index in [0.29, 0.717) is 0 Å². The minimum atomic E-state index is 0.732. The lowest BCUT2D eigenvalue weighted by Crippen LogP contribution is -2.29. The first-order valence-electron chi connectivity index (χ1n) is 9.34. The highest BCUT2D eigenvalue weighted by molar-refractivity contribution is 7.80. The van der Waals surface area contributed by atoms with E-state index in [0.717, 1.165) is 17.3 Å². The molecule has 0 fully saturated rings. The van der Waals surface area contributed by atoms with E-state index >= 15 is 0 Å². The molecular formula is C20H34N2S. The molecule has 3 heteroatoms. The Hall–Kier alpha value is -1.09. The fourth-order valence-electron chi connectivity index (χ4n) is 2.69. The van der Waals surface area contributed by atoms with Crippen LogP contribution in [0.25, 0.3) is 0 Å². The number of hydrogen-bond acceptors (Lipinski definition) is 1. The Morgan fingerprint density at radius 3 is 2.04 bits per heavy atom. The average molecular weight is 335 g/mol. The lowest BCUT2D eigenvalue weighted by molar-refractivity contribution is 0.555. The molecule has 0 spiro atoms. The van der Waals surface area contributed by atoms with E-state index < -0.39 is 0 Å². The first-order chi connectivity index (χ1) is 11.2. The molecule has 0 aliphatic heterocycles. The molecule has 0 saturated carbocycles. The van der Waals surface area contributed by atoms with E-state index in [2.05, 4.69) is 36.6 Å². The number of benzene rings is 1. The molecule has 1 aromatic rings. The summed E-state index contributed by atoms with van der Waals surface area (Å²) in [7, 11) is 0. The molecule has 1 rings (SSSR count). The first-order valence-corrected chi connectivity index (χ1v) is 9.75. The predicted molar refractivity (Wildman–Crippen MR) is 107 cm³/mol. The van der Waals surface area contributed by atoms with E-state index in [-0.39, 0.29) is 0 Å². The van der Waals surface area contributed by atoms with Crippen LogP contribution in [0.1, 0.15) is 76.7 Å². The molecule has 130 valence electrons. The van der Waals surface area contributed by atoms with Crippen LogP contribution in [0.5, 0.6) is 0 Å². The van der Waals surface area contributed by atoms with Crippen LogP contribution in [-0.2, 0) is 0 Å². The van der Waals surface area contributed by atoms with Gasteiger partial charge < -0.3 is 10.6 Å². The third-order valence-corrected chi connectivity index (χ3v) is 4.46. The Bertz CT molecular complexity index is 431. The Morgan fingerprint density at radius 1 is 0.870 bits per heavy atom. The molecule has 0 saturated heterocycles. The van der Waals surface area contributed by atoms with Crippen molar-refractivity contribution >= 4 is 23.0 Å². The van der Waals surface area contributed by atoms with Gasteiger partial charge in [0.25, 0.3) is 0 Å².